The lowest BCUT2D eigenvalue weighted by atomic mass is 10.3. The second-order valence-corrected chi connectivity index (χ2v) is 5.75. The third kappa shape index (κ3) is 2.71. The van der Waals surface area contributed by atoms with Crippen molar-refractivity contribution in [3.8, 4) is 5.95 Å². The van der Waals surface area contributed by atoms with Crippen LogP contribution in [0.4, 0.5) is 5.95 Å². The Kier molecular flexibility index (Phi) is 3.23. The van der Waals surface area contributed by atoms with Gasteiger partial charge in [0.1, 0.15) is 0 Å². The van der Waals surface area contributed by atoms with E-state index < -0.39 is 0 Å². The lowest BCUT2D eigenvalue weighted by molar-refractivity contribution is 0.247. The quantitative estimate of drug-likeness (QED) is 0.843. The number of rotatable bonds is 3. The van der Waals surface area contributed by atoms with Gasteiger partial charge in [0.2, 0.25) is 11.2 Å². The molecule has 1 saturated carbocycles. The van der Waals surface area contributed by atoms with Gasteiger partial charge in [-0.2, -0.15) is 20.1 Å². The van der Waals surface area contributed by atoms with Crippen LogP contribution < -0.4 is 4.90 Å². The lowest BCUT2D eigenvalue weighted by Crippen LogP contribution is -2.47. The average Bonchev–Trinajstić information content (AvgIpc) is 3.21. The van der Waals surface area contributed by atoms with Crippen LogP contribution in [0.25, 0.3) is 5.95 Å². The van der Waals surface area contributed by atoms with Gasteiger partial charge >= 0.3 is 0 Å². The molecule has 3 heterocycles. The molecule has 0 amide bonds. The van der Waals surface area contributed by atoms with Crippen molar-refractivity contribution in [3.63, 3.8) is 0 Å². The van der Waals surface area contributed by atoms with Crippen molar-refractivity contribution in [2.75, 3.05) is 31.1 Å². The molecule has 0 bridgehead atoms. The Morgan fingerprint density at radius 1 is 1.00 bits per heavy atom. The number of halogens is 1. The van der Waals surface area contributed by atoms with Crippen LogP contribution in [0, 0.1) is 0 Å². The van der Waals surface area contributed by atoms with E-state index in [2.05, 4.69) is 29.9 Å². The third-order valence-electron chi connectivity index (χ3n) is 3.95. The van der Waals surface area contributed by atoms with Gasteiger partial charge < -0.3 is 4.90 Å². The Labute approximate surface area is 127 Å². The van der Waals surface area contributed by atoms with Crippen molar-refractivity contribution >= 4 is 17.5 Å². The van der Waals surface area contributed by atoms with Crippen LogP contribution in [0.3, 0.4) is 0 Å². The molecule has 1 aliphatic carbocycles. The standard InChI is InChI=1S/C13H16ClN7/c14-11-16-12(18-13(17-11)21-5-1-4-15-21)20-8-6-19(7-9-20)10-2-3-10/h1,4-5,10H,2-3,6-9H2. The molecular formula is C13H16ClN7. The molecule has 2 aromatic heterocycles. The van der Waals surface area contributed by atoms with Crippen LogP contribution in [0.5, 0.6) is 0 Å². The first-order valence-electron chi connectivity index (χ1n) is 7.20. The molecule has 0 spiro atoms. The largest absolute Gasteiger partial charge is 0.338 e. The number of aromatic nitrogens is 5. The van der Waals surface area contributed by atoms with E-state index in [1.165, 1.54) is 12.8 Å². The summed E-state index contributed by atoms with van der Waals surface area (Å²) >= 11 is 6.03. The average molecular weight is 306 g/mol. The highest BCUT2D eigenvalue weighted by Gasteiger charge is 2.31. The number of piperazine rings is 1. The molecule has 1 saturated heterocycles. The minimum Gasteiger partial charge on any atom is -0.338 e. The van der Waals surface area contributed by atoms with Crippen LogP contribution in [0.15, 0.2) is 18.5 Å². The fourth-order valence-electron chi connectivity index (χ4n) is 2.69. The summed E-state index contributed by atoms with van der Waals surface area (Å²) < 4.78 is 1.59. The predicted molar refractivity (Wildman–Crippen MR) is 78.8 cm³/mol. The van der Waals surface area contributed by atoms with Crippen LogP contribution in [-0.4, -0.2) is 61.9 Å². The van der Waals surface area contributed by atoms with Crippen molar-refractivity contribution in [3.05, 3.63) is 23.7 Å². The fourth-order valence-corrected chi connectivity index (χ4v) is 2.84. The Bertz CT molecular complexity index is 617. The normalized spacial score (nSPS) is 20.0. The van der Waals surface area contributed by atoms with Crippen LogP contribution in [0.1, 0.15) is 12.8 Å². The van der Waals surface area contributed by atoms with Crippen LogP contribution in [-0.2, 0) is 0 Å². The molecule has 2 aliphatic rings. The zero-order chi connectivity index (χ0) is 14.2. The van der Waals surface area contributed by atoms with E-state index in [0.29, 0.717) is 11.9 Å². The van der Waals surface area contributed by atoms with E-state index in [1.807, 2.05) is 6.07 Å². The van der Waals surface area contributed by atoms with E-state index in [-0.39, 0.29) is 5.28 Å². The molecule has 0 radical (unpaired) electrons. The smallest absolute Gasteiger partial charge is 0.256 e. The molecule has 1 aliphatic heterocycles. The van der Waals surface area contributed by atoms with Crippen molar-refractivity contribution in [1.82, 2.24) is 29.6 Å². The summed E-state index contributed by atoms with van der Waals surface area (Å²) in [5.74, 6) is 1.09. The summed E-state index contributed by atoms with van der Waals surface area (Å²) in [5, 5.41) is 4.34. The molecule has 0 atom stereocenters. The van der Waals surface area contributed by atoms with Crippen molar-refractivity contribution in [1.29, 1.82) is 0 Å². The summed E-state index contributed by atoms with van der Waals surface area (Å²) in [6, 6.07) is 2.64. The second-order valence-electron chi connectivity index (χ2n) is 5.41. The second kappa shape index (κ2) is 5.23. The summed E-state index contributed by atoms with van der Waals surface area (Å²) in [7, 11) is 0. The van der Waals surface area contributed by atoms with E-state index in [1.54, 1.807) is 17.1 Å². The first kappa shape index (κ1) is 13.0. The monoisotopic (exact) mass is 305 g/mol. The molecule has 21 heavy (non-hydrogen) atoms. The fraction of sp³-hybridized carbons (Fsp3) is 0.538. The molecule has 2 fully saturated rings. The topological polar surface area (TPSA) is 63.0 Å². The maximum Gasteiger partial charge on any atom is 0.256 e. The van der Waals surface area contributed by atoms with E-state index in [0.717, 1.165) is 32.2 Å². The van der Waals surface area contributed by atoms with Gasteiger partial charge in [-0.25, -0.2) is 4.68 Å². The summed E-state index contributed by atoms with van der Waals surface area (Å²) in [4.78, 5) is 17.6. The molecule has 0 aromatic carbocycles. The first-order chi connectivity index (χ1) is 10.3. The maximum atomic E-state index is 6.03. The number of hydrogen-bond donors (Lipinski definition) is 0. The zero-order valence-electron chi connectivity index (χ0n) is 11.6. The zero-order valence-corrected chi connectivity index (χ0v) is 12.3. The molecule has 0 N–H and O–H groups in total. The lowest BCUT2D eigenvalue weighted by Gasteiger charge is -2.34. The van der Waals surface area contributed by atoms with E-state index in [4.69, 9.17) is 11.6 Å². The predicted octanol–water partition coefficient (Wildman–Crippen LogP) is 0.995. The Balaban J connectivity index is 1.54. The van der Waals surface area contributed by atoms with E-state index >= 15 is 0 Å². The molecule has 7 nitrogen and oxygen atoms in total. The van der Waals surface area contributed by atoms with E-state index in [9.17, 15) is 0 Å². The number of nitrogens with zero attached hydrogens (tertiary/aromatic N) is 7. The third-order valence-corrected chi connectivity index (χ3v) is 4.12. The maximum absolute atomic E-state index is 6.03. The van der Waals surface area contributed by atoms with Gasteiger partial charge in [-0.15, -0.1) is 0 Å². The number of anilines is 1. The van der Waals surface area contributed by atoms with Gasteiger partial charge in [0.05, 0.1) is 0 Å². The SMILES string of the molecule is Clc1nc(N2CCN(C3CC3)CC2)nc(-n2cccn2)n1. The van der Waals surface area contributed by atoms with Crippen molar-refractivity contribution < 1.29 is 0 Å². The summed E-state index contributed by atoms with van der Waals surface area (Å²) in [6.45, 7) is 3.97. The highest BCUT2D eigenvalue weighted by molar-refractivity contribution is 6.28. The van der Waals surface area contributed by atoms with Gasteiger partial charge in [0.25, 0.3) is 5.95 Å². The van der Waals surface area contributed by atoms with Gasteiger partial charge in [-0.3, -0.25) is 4.90 Å². The molecule has 4 rings (SSSR count). The first-order valence-corrected chi connectivity index (χ1v) is 7.58. The Hall–Kier alpha value is -1.73. The van der Waals surface area contributed by atoms with Crippen molar-refractivity contribution in [2.45, 2.75) is 18.9 Å². The van der Waals surface area contributed by atoms with Crippen LogP contribution >= 0.6 is 11.6 Å². The Morgan fingerprint density at radius 3 is 2.43 bits per heavy atom. The van der Waals surface area contributed by atoms with Crippen molar-refractivity contribution in [2.24, 2.45) is 0 Å². The minimum absolute atomic E-state index is 0.204. The molecule has 110 valence electrons. The molecule has 2 aromatic rings. The van der Waals surface area contributed by atoms with Gasteiger partial charge in [-0.05, 0) is 30.5 Å². The summed E-state index contributed by atoms with van der Waals surface area (Å²) in [6.07, 6.45) is 6.17. The van der Waals surface area contributed by atoms with Gasteiger partial charge in [0.15, 0.2) is 0 Å². The molecule has 8 heteroatoms. The highest BCUT2D eigenvalue weighted by Crippen LogP contribution is 2.28. The summed E-state index contributed by atoms with van der Waals surface area (Å²) in [5.41, 5.74) is 0. The highest BCUT2D eigenvalue weighted by atomic mass is 35.5. The van der Waals surface area contributed by atoms with Gasteiger partial charge in [-0.1, -0.05) is 0 Å². The van der Waals surface area contributed by atoms with Crippen LogP contribution in [0.2, 0.25) is 5.28 Å². The van der Waals surface area contributed by atoms with Gasteiger partial charge in [0, 0.05) is 44.6 Å². The number of hydrogen-bond acceptors (Lipinski definition) is 6. The minimum atomic E-state index is 0.204. The molecular weight excluding hydrogens is 290 g/mol. The Morgan fingerprint density at radius 2 is 1.76 bits per heavy atom. The molecule has 0 unspecified atom stereocenters.